The van der Waals surface area contributed by atoms with E-state index in [1.54, 1.807) is 0 Å². The SMILES string of the molecule is Cc1cc(C(=O)CC2CC3CCC2C3)nc2ccccc12. The minimum atomic E-state index is 0.237. The van der Waals surface area contributed by atoms with E-state index in [4.69, 9.17) is 0 Å². The molecular formula is C19H21NO. The molecular weight excluding hydrogens is 258 g/mol. The van der Waals surface area contributed by atoms with Crippen LogP contribution in [0.5, 0.6) is 0 Å². The van der Waals surface area contributed by atoms with E-state index in [0.29, 0.717) is 18.0 Å². The number of pyridine rings is 1. The van der Waals surface area contributed by atoms with Crippen molar-refractivity contribution in [3.8, 4) is 0 Å². The van der Waals surface area contributed by atoms with Crippen LogP contribution in [-0.4, -0.2) is 10.8 Å². The summed E-state index contributed by atoms with van der Waals surface area (Å²) in [5.41, 5.74) is 2.75. The number of aromatic nitrogens is 1. The van der Waals surface area contributed by atoms with Crippen LogP contribution in [0, 0.1) is 24.7 Å². The Hall–Kier alpha value is -1.70. The third kappa shape index (κ3) is 2.27. The first-order valence-corrected chi connectivity index (χ1v) is 8.10. The first kappa shape index (κ1) is 13.0. The topological polar surface area (TPSA) is 30.0 Å². The van der Waals surface area contributed by atoms with Gasteiger partial charge in [0.2, 0.25) is 0 Å². The van der Waals surface area contributed by atoms with Crippen LogP contribution in [-0.2, 0) is 0 Å². The molecule has 0 saturated heterocycles. The molecule has 2 aromatic rings. The van der Waals surface area contributed by atoms with Gasteiger partial charge in [0.05, 0.1) is 5.52 Å². The second-order valence-corrected chi connectivity index (χ2v) is 6.90. The van der Waals surface area contributed by atoms with E-state index >= 15 is 0 Å². The Morgan fingerprint density at radius 2 is 2.10 bits per heavy atom. The zero-order chi connectivity index (χ0) is 14.4. The minimum absolute atomic E-state index is 0.237. The van der Waals surface area contributed by atoms with E-state index in [-0.39, 0.29) is 5.78 Å². The van der Waals surface area contributed by atoms with Crippen molar-refractivity contribution >= 4 is 16.7 Å². The number of carbonyl (C=O) groups is 1. The molecule has 3 atom stereocenters. The quantitative estimate of drug-likeness (QED) is 0.771. The number of hydrogen-bond donors (Lipinski definition) is 0. The third-order valence-electron chi connectivity index (χ3n) is 5.54. The molecule has 0 N–H and O–H groups in total. The van der Waals surface area contributed by atoms with Crippen molar-refractivity contribution in [3.63, 3.8) is 0 Å². The number of hydrogen-bond acceptors (Lipinski definition) is 2. The second kappa shape index (κ2) is 4.94. The molecule has 2 heteroatoms. The second-order valence-electron chi connectivity index (χ2n) is 6.90. The Bertz CT molecular complexity index is 706. The largest absolute Gasteiger partial charge is 0.292 e. The van der Waals surface area contributed by atoms with E-state index in [2.05, 4.69) is 18.0 Å². The van der Waals surface area contributed by atoms with Crippen LogP contribution < -0.4 is 0 Å². The molecule has 3 unspecified atom stereocenters. The Balaban J connectivity index is 1.59. The van der Waals surface area contributed by atoms with Crippen LogP contribution >= 0.6 is 0 Å². The van der Waals surface area contributed by atoms with E-state index in [9.17, 15) is 4.79 Å². The summed E-state index contributed by atoms with van der Waals surface area (Å²) in [6.45, 7) is 2.07. The van der Waals surface area contributed by atoms with Gasteiger partial charge in [-0.25, -0.2) is 4.98 Å². The molecule has 2 aliphatic carbocycles. The molecule has 0 spiro atoms. The highest BCUT2D eigenvalue weighted by molar-refractivity contribution is 5.97. The highest BCUT2D eigenvalue weighted by atomic mass is 16.1. The summed E-state index contributed by atoms with van der Waals surface area (Å²) in [7, 11) is 0. The number of benzene rings is 1. The van der Waals surface area contributed by atoms with Gasteiger partial charge >= 0.3 is 0 Å². The fraction of sp³-hybridized carbons (Fsp3) is 0.474. The molecule has 0 aliphatic heterocycles. The summed E-state index contributed by atoms with van der Waals surface area (Å²) in [5, 5.41) is 1.15. The number of ketones is 1. The predicted molar refractivity (Wildman–Crippen MR) is 84.4 cm³/mol. The van der Waals surface area contributed by atoms with Crippen molar-refractivity contribution in [2.24, 2.45) is 17.8 Å². The highest BCUT2D eigenvalue weighted by Gasteiger charge is 2.40. The van der Waals surface area contributed by atoms with Crippen molar-refractivity contribution in [2.75, 3.05) is 0 Å². The Labute approximate surface area is 125 Å². The van der Waals surface area contributed by atoms with Crippen LogP contribution in [0.25, 0.3) is 10.9 Å². The average Bonchev–Trinajstić information content (AvgIpc) is 3.10. The molecule has 1 heterocycles. The zero-order valence-electron chi connectivity index (χ0n) is 12.5. The molecule has 2 aliphatic rings. The number of fused-ring (bicyclic) bond motifs is 3. The summed E-state index contributed by atoms with van der Waals surface area (Å²) in [6, 6.07) is 10.0. The fourth-order valence-corrected chi connectivity index (χ4v) is 4.46. The van der Waals surface area contributed by atoms with Gasteiger partial charge in [-0.05, 0) is 61.6 Å². The van der Waals surface area contributed by atoms with E-state index in [1.165, 1.54) is 25.7 Å². The number of para-hydroxylation sites is 1. The molecule has 2 nitrogen and oxygen atoms in total. The molecule has 1 aromatic heterocycles. The number of Topliss-reactive ketones (excluding diaryl/α,β-unsaturated/α-hetero) is 1. The number of aryl methyl sites for hydroxylation is 1. The monoisotopic (exact) mass is 279 g/mol. The predicted octanol–water partition coefficient (Wildman–Crippen LogP) is 4.55. The summed E-state index contributed by atoms with van der Waals surface area (Å²) in [6.07, 6.45) is 6.06. The summed E-state index contributed by atoms with van der Waals surface area (Å²) in [5.74, 6) is 2.56. The van der Waals surface area contributed by atoms with Gasteiger partial charge in [-0.15, -0.1) is 0 Å². The molecule has 108 valence electrons. The molecule has 2 bridgehead atoms. The average molecular weight is 279 g/mol. The van der Waals surface area contributed by atoms with Crippen molar-refractivity contribution in [1.82, 2.24) is 4.98 Å². The lowest BCUT2D eigenvalue weighted by Crippen LogP contribution is -2.16. The first-order chi connectivity index (χ1) is 10.2. The number of rotatable bonds is 3. The van der Waals surface area contributed by atoms with Gasteiger partial charge in [0, 0.05) is 11.8 Å². The van der Waals surface area contributed by atoms with Crippen LogP contribution in [0.4, 0.5) is 0 Å². The van der Waals surface area contributed by atoms with Crippen molar-refractivity contribution in [1.29, 1.82) is 0 Å². The van der Waals surface area contributed by atoms with Gasteiger partial charge in [-0.3, -0.25) is 4.79 Å². The van der Waals surface area contributed by atoms with Crippen LogP contribution in [0.15, 0.2) is 30.3 Å². The van der Waals surface area contributed by atoms with Crippen molar-refractivity contribution in [2.45, 2.75) is 39.0 Å². The van der Waals surface area contributed by atoms with Crippen LogP contribution in [0.1, 0.15) is 48.2 Å². The van der Waals surface area contributed by atoms with E-state index < -0.39 is 0 Å². The molecule has 2 fully saturated rings. The van der Waals surface area contributed by atoms with Gasteiger partial charge in [0.25, 0.3) is 0 Å². The molecule has 0 amide bonds. The third-order valence-corrected chi connectivity index (χ3v) is 5.54. The van der Waals surface area contributed by atoms with Gasteiger partial charge in [-0.1, -0.05) is 24.6 Å². The van der Waals surface area contributed by atoms with Crippen LogP contribution in [0.2, 0.25) is 0 Å². The highest BCUT2D eigenvalue weighted by Crippen LogP contribution is 2.49. The maximum Gasteiger partial charge on any atom is 0.181 e. The summed E-state index contributed by atoms with van der Waals surface area (Å²) < 4.78 is 0. The summed E-state index contributed by atoms with van der Waals surface area (Å²) in [4.78, 5) is 17.2. The summed E-state index contributed by atoms with van der Waals surface area (Å²) >= 11 is 0. The van der Waals surface area contributed by atoms with Gasteiger partial charge in [0.1, 0.15) is 5.69 Å². The maximum atomic E-state index is 12.6. The van der Waals surface area contributed by atoms with Crippen molar-refractivity contribution in [3.05, 3.63) is 41.6 Å². The van der Waals surface area contributed by atoms with Gasteiger partial charge < -0.3 is 0 Å². The molecule has 1 aromatic carbocycles. The molecule has 21 heavy (non-hydrogen) atoms. The lowest BCUT2D eigenvalue weighted by Gasteiger charge is -2.20. The Morgan fingerprint density at radius 3 is 2.86 bits per heavy atom. The standard InChI is InChI=1S/C19H21NO/c1-12-8-18(20-17-5-3-2-4-16(12)17)19(21)11-15-10-13-6-7-14(15)9-13/h2-5,8,13-15H,6-7,9-11H2,1H3. The lowest BCUT2D eigenvalue weighted by molar-refractivity contribution is 0.0939. The fourth-order valence-electron chi connectivity index (χ4n) is 4.46. The normalized spacial score (nSPS) is 27.4. The number of carbonyl (C=O) groups excluding carboxylic acids is 1. The lowest BCUT2D eigenvalue weighted by atomic mass is 9.84. The Kier molecular flexibility index (Phi) is 3.06. The minimum Gasteiger partial charge on any atom is -0.292 e. The van der Waals surface area contributed by atoms with E-state index in [0.717, 1.165) is 28.3 Å². The molecule has 4 rings (SSSR count). The van der Waals surface area contributed by atoms with Gasteiger partial charge in [0.15, 0.2) is 5.78 Å². The Morgan fingerprint density at radius 1 is 1.24 bits per heavy atom. The van der Waals surface area contributed by atoms with Crippen molar-refractivity contribution < 1.29 is 4.79 Å². The maximum absolute atomic E-state index is 12.6. The van der Waals surface area contributed by atoms with Gasteiger partial charge in [-0.2, -0.15) is 0 Å². The van der Waals surface area contributed by atoms with E-state index in [1.807, 2.05) is 24.3 Å². The first-order valence-electron chi connectivity index (χ1n) is 8.10. The number of nitrogens with zero attached hydrogens (tertiary/aromatic N) is 1. The molecule has 0 radical (unpaired) electrons. The smallest absolute Gasteiger partial charge is 0.181 e. The zero-order valence-corrected chi connectivity index (χ0v) is 12.5. The molecule has 2 saturated carbocycles. The van der Waals surface area contributed by atoms with Crippen LogP contribution in [0.3, 0.4) is 0 Å².